The summed E-state index contributed by atoms with van der Waals surface area (Å²) >= 11 is 0. The molecule has 0 unspecified atom stereocenters. The number of hydrogen-bond donors (Lipinski definition) is 2. The third-order valence-electron chi connectivity index (χ3n) is 7.11. The number of amides is 1. The van der Waals surface area contributed by atoms with Crippen LogP contribution in [0.3, 0.4) is 0 Å². The van der Waals surface area contributed by atoms with Gasteiger partial charge in [-0.3, -0.25) is 4.79 Å². The topological polar surface area (TPSA) is 113 Å². The number of hydrogen-bond acceptors (Lipinski definition) is 7. The number of ether oxygens (including phenoxy) is 1. The lowest BCUT2D eigenvalue weighted by Gasteiger charge is -2.30. The number of nitrogens with one attached hydrogen (secondary N) is 2. The van der Waals surface area contributed by atoms with Crippen molar-refractivity contribution in [2.24, 2.45) is 5.92 Å². The SMILES string of the molecule is COc1nc(N[C@H]2CC[C@@H](C(=O)N3CCCC3)CC2)nc2[nH]cc(-c3ccn4ncnc4c3)c12. The molecule has 10 nitrogen and oxygen atoms in total. The van der Waals surface area contributed by atoms with Crippen molar-refractivity contribution in [3.8, 4) is 17.0 Å². The van der Waals surface area contributed by atoms with Gasteiger partial charge in [-0.25, -0.2) is 9.50 Å². The van der Waals surface area contributed by atoms with Crippen molar-refractivity contribution in [1.29, 1.82) is 0 Å². The minimum atomic E-state index is 0.155. The molecule has 1 amide bonds. The van der Waals surface area contributed by atoms with E-state index in [0.717, 1.165) is 73.8 Å². The van der Waals surface area contributed by atoms with Crippen LogP contribution in [0.15, 0.2) is 30.9 Å². The molecule has 2 N–H and O–H groups in total. The summed E-state index contributed by atoms with van der Waals surface area (Å²) in [7, 11) is 1.62. The molecule has 6 rings (SSSR count). The second-order valence-electron chi connectivity index (χ2n) is 9.19. The number of methoxy groups -OCH3 is 1. The Bertz CT molecular complexity index is 1330. The summed E-state index contributed by atoms with van der Waals surface area (Å²) in [5.41, 5.74) is 3.41. The molecule has 1 saturated heterocycles. The molecule has 0 spiro atoms. The van der Waals surface area contributed by atoms with Crippen molar-refractivity contribution >= 4 is 28.5 Å². The van der Waals surface area contributed by atoms with Gasteiger partial charge in [-0.05, 0) is 56.2 Å². The van der Waals surface area contributed by atoms with Gasteiger partial charge < -0.3 is 19.9 Å². The maximum atomic E-state index is 12.7. The first-order valence-corrected chi connectivity index (χ1v) is 12.0. The van der Waals surface area contributed by atoms with E-state index in [-0.39, 0.29) is 12.0 Å². The monoisotopic (exact) mass is 460 g/mol. The minimum absolute atomic E-state index is 0.155. The zero-order valence-corrected chi connectivity index (χ0v) is 19.2. The summed E-state index contributed by atoms with van der Waals surface area (Å²) in [6.07, 6.45) is 11.3. The Hall–Kier alpha value is -3.69. The van der Waals surface area contributed by atoms with Crippen molar-refractivity contribution in [3.63, 3.8) is 0 Å². The lowest BCUT2D eigenvalue weighted by molar-refractivity contribution is -0.135. The first kappa shape index (κ1) is 20.9. The van der Waals surface area contributed by atoms with E-state index in [0.29, 0.717) is 23.4 Å². The third-order valence-corrected chi connectivity index (χ3v) is 7.11. The molecule has 176 valence electrons. The fraction of sp³-hybridized carbons (Fsp3) is 0.458. The first-order valence-electron chi connectivity index (χ1n) is 12.0. The molecule has 1 aliphatic carbocycles. The summed E-state index contributed by atoms with van der Waals surface area (Å²) in [5, 5.41) is 8.47. The van der Waals surface area contributed by atoms with Gasteiger partial charge in [-0.2, -0.15) is 15.1 Å². The molecule has 0 bridgehead atoms. The Morgan fingerprint density at radius 3 is 2.79 bits per heavy atom. The van der Waals surface area contributed by atoms with E-state index in [9.17, 15) is 4.79 Å². The number of aromatic nitrogens is 6. The Balaban J connectivity index is 1.20. The van der Waals surface area contributed by atoms with Crippen LogP contribution in [0.25, 0.3) is 27.8 Å². The minimum Gasteiger partial charge on any atom is -0.480 e. The van der Waals surface area contributed by atoms with Crippen molar-refractivity contribution < 1.29 is 9.53 Å². The Kier molecular flexibility index (Phi) is 5.27. The number of anilines is 1. The number of fused-ring (bicyclic) bond motifs is 2. The van der Waals surface area contributed by atoms with Crippen LogP contribution in [0, 0.1) is 5.92 Å². The highest BCUT2D eigenvalue weighted by Crippen LogP contribution is 2.35. The summed E-state index contributed by atoms with van der Waals surface area (Å²) in [5.74, 6) is 1.56. The van der Waals surface area contributed by atoms with Crippen molar-refractivity contribution in [2.75, 3.05) is 25.5 Å². The number of carbonyl (C=O) groups is 1. The molecule has 5 heterocycles. The van der Waals surface area contributed by atoms with E-state index in [1.54, 1.807) is 11.6 Å². The molecule has 0 atom stereocenters. The molecule has 2 fully saturated rings. The normalized spacial score (nSPS) is 20.8. The molecule has 1 saturated carbocycles. The fourth-order valence-electron chi connectivity index (χ4n) is 5.29. The summed E-state index contributed by atoms with van der Waals surface area (Å²) < 4.78 is 7.39. The fourth-order valence-corrected chi connectivity index (χ4v) is 5.29. The van der Waals surface area contributed by atoms with Gasteiger partial charge in [0.1, 0.15) is 12.0 Å². The van der Waals surface area contributed by atoms with Crippen LogP contribution in [0.2, 0.25) is 0 Å². The molecular weight excluding hydrogens is 432 g/mol. The predicted octanol–water partition coefficient (Wildman–Crippen LogP) is 3.27. The van der Waals surface area contributed by atoms with E-state index in [1.165, 1.54) is 6.33 Å². The average molecular weight is 461 g/mol. The van der Waals surface area contributed by atoms with Gasteiger partial charge in [0.2, 0.25) is 17.7 Å². The maximum Gasteiger partial charge on any atom is 0.228 e. The zero-order valence-electron chi connectivity index (χ0n) is 19.2. The van der Waals surface area contributed by atoms with Crippen LogP contribution < -0.4 is 10.1 Å². The van der Waals surface area contributed by atoms with Gasteiger partial charge in [0, 0.05) is 43.0 Å². The van der Waals surface area contributed by atoms with Crippen LogP contribution >= 0.6 is 0 Å². The molecule has 0 radical (unpaired) electrons. The smallest absolute Gasteiger partial charge is 0.228 e. The lowest BCUT2D eigenvalue weighted by Crippen LogP contribution is -2.37. The van der Waals surface area contributed by atoms with Gasteiger partial charge >= 0.3 is 0 Å². The Morgan fingerprint density at radius 2 is 2.00 bits per heavy atom. The quantitative estimate of drug-likeness (QED) is 0.470. The van der Waals surface area contributed by atoms with Crippen LogP contribution in [0.1, 0.15) is 38.5 Å². The summed E-state index contributed by atoms with van der Waals surface area (Å²) in [6, 6.07) is 4.20. The summed E-state index contributed by atoms with van der Waals surface area (Å²) in [4.78, 5) is 31.7. The van der Waals surface area contributed by atoms with Crippen molar-refractivity contribution in [1.82, 2.24) is 34.4 Å². The molecule has 4 aromatic rings. The van der Waals surface area contributed by atoms with Crippen molar-refractivity contribution in [3.05, 3.63) is 30.9 Å². The first-order chi connectivity index (χ1) is 16.7. The molecule has 0 aromatic carbocycles. The molecule has 1 aliphatic heterocycles. The molecule has 2 aliphatic rings. The van der Waals surface area contributed by atoms with E-state index in [4.69, 9.17) is 9.72 Å². The van der Waals surface area contributed by atoms with E-state index in [1.807, 2.05) is 29.4 Å². The maximum absolute atomic E-state index is 12.7. The largest absolute Gasteiger partial charge is 0.480 e. The zero-order chi connectivity index (χ0) is 23.1. The van der Waals surface area contributed by atoms with Gasteiger partial charge in [-0.15, -0.1) is 0 Å². The highest BCUT2D eigenvalue weighted by molar-refractivity contribution is 5.98. The highest BCUT2D eigenvalue weighted by atomic mass is 16.5. The number of rotatable bonds is 5. The van der Waals surface area contributed by atoms with E-state index >= 15 is 0 Å². The molecule has 4 aromatic heterocycles. The second kappa shape index (κ2) is 8.58. The molecule has 34 heavy (non-hydrogen) atoms. The number of pyridine rings is 1. The number of carbonyl (C=O) groups excluding carboxylic acids is 1. The average Bonchev–Trinajstić information content (AvgIpc) is 3.64. The third kappa shape index (κ3) is 3.72. The van der Waals surface area contributed by atoms with Crippen LogP contribution in [0.4, 0.5) is 5.95 Å². The summed E-state index contributed by atoms with van der Waals surface area (Å²) in [6.45, 7) is 1.85. The number of likely N-dealkylation sites (tertiary alicyclic amines) is 1. The Labute approximate surface area is 196 Å². The standard InChI is InChI=1S/C24H28N8O2/c1-34-22-20-18(16-8-11-32-19(12-16)26-14-27-32)13-25-21(20)29-24(30-22)28-17-6-4-15(5-7-17)23(33)31-9-2-3-10-31/h8,11-15,17H,2-7,9-10H2,1H3,(H2,25,28,29,30)/t15-,17+. The number of nitrogens with zero attached hydrogens (tertiary/aromatic N) is 6. The van der Waals surface area contributed by atoms with Gasteiger partial charge in [0.25, 0.3) is 0 Å². The number of aromatic amines is 1. The number of H-pyrrole nitrogens is 1. The predicted molar refractivity (Wildman–Crippen MR) is 128 cm³/mol. The van der Waals surface area contributed by atoms with Gasteiger partial charge in [0.15, 0.2) is 5.65 Å². The lowest BCUT2D eigenvalue weighted by atomic mass is 9.85. The highest BCUT2D eigenvalue weighted by Gasteiger charge is 2.31. The van der Waals surface area contributed by atoms with Crippen LogP contribution in [0.5, 0.6) is 5.88 Å². The van der Waals surface area contributed by atoms with Gasteiger partial charge in [0.05, 0.1) is 12.5 Å². The van der Waals surface area contributed by atoms with E-state index < -0.39 is 0 Å². The van der Waals surface area contributed by atoms with Crippen molar-refractivity contribution in [2.45, 2.75) is 44.6 Å². The van der Waals surface area contributed by atoms with Crippen LogP contribution in [-0.4, -0.2) is 66.6 Å². The van der Waals surface area contributed by atoms with E-state index in [2.05, 4.69) is 25.4 Å². The second-order valence-corrected chi connectivity index (χ2v) is 9.19. The van der Waals surface area contributed by atoms with Gasteiger partial charge in [-0.1, -0.05) is 0 Å². The molecule has 10 heteroatoms. The van der Waals surface area contributed by atoms with Crippen LogP contribution in [-0.2, 0) is 4.79 Å². The Morgan fingerprint density at radius 1 is 1.18 bits per heavy atom. The molecular formula is C24H28N8O2.